The number of aryl methyl sites for hydroxylation is 1. The van der Waals surface area contributed by atoms with E-state index >= 15 is 0 Å². The molecule has 5 heteroatoms. The number of hydrogen-bond donors (Lipinski definition) is 1. The lowest BCUT2D eigenvalue weighted by Gasteiger charge is -2.08. The second kappa shape index (κ2) is 7.56. The fourth-order valence-corrected chi connectivity index (χ4v) is 3.31. The lowest BCUT2D eigenvalue weighted by Crippen LogP contribution is -2.23. The van der Waals surface area contributed by atoms with E-state index in [1.807, 2.05) is 102 Å². The highest BCUT2D eigenvalue weighted by molar-refractivity contribution is 5.94. The van der Waals surface area contributed by atoms with Crippen molar-refractivity contribution in [1.82, 2.24) is 19.7 Å². The van der Waals surface area contributed by atoms with E-state index in [1.54, 1.807) is 0 Å². The predicted molar refractivity (Wildman–Crippen MR) is 110 cm³/mol. The lowest BCUT2D eigenvalue weighted by atomic mass is 10.1. The molecule has 0 atom stereocenters. The Labute approximate surface area is 164 Å². The molecule has 0 spiro atoms. The van der Waals surface area contributed by atoms with E-state index in [9.17, 15) is 4.79 Å². The highest BCUT2D eigenvalue weighted by atomic mass is 16.1. The van der Waals surface area contributed by atoms with Crippen LogP contribution >= 0.6 is 0 Å². The first-order valence-corrected chi connectivity index (χ1v) is 9.25. The highest BCUT2D eigenvalue weighted by Gasteiger charge is 2.14. The standard InChI is InChI=1S/C23H22N4O/c1-17-22(18(2)27(25-17)21-8-4-3-5-9-21)16-24-23(28)19-10-12-20(13-11-19)26-14-6-7-15-26/h3-15H,16H2,1-2H3,(H,24,28). The maximum absolute atomic E-state index is 12.6. The maximum Gasteiger partial charge on any atom is 0.251 e. The topological polar surface area (TPSA) is 51.9 Å². The number of nitrogens with zero attached hydrogens (tertiary/aromatic N) is 3. The van der Waals surface area contributed by atoms with Crippen LogP contribution in [0.4, 0.5) is 0 Å². The summed E-state index contributed by atoms with van der Waals surface area (Å²) in [5.41, 5.74) is 5.68. The molecule has 140 valence electrons. The number of amides is 1. The number of benzene rings is 2. The zero-order valence-corrected chi connectivity index (χ0v) is 16.0. The number of hydrogen-bond acceptors (Lipinski definition) is 2. The molecule has 5 nitrogen and oxygen atoms in total. The summed E-state index contributed by atoms with van der Waals surface area (Å²) >= 11 is 0. The highest BCUT2D eigenvalue weighted by Crippen LogP contribution is 2.18. The number of carbonyl (C=O) groups is 1. The fraction of sp³-hybridized carbons (Fsp3) is 0.130. The molecule has 4 aromatic rings. The second-order valence-corrected chi connectivity index (χ2v) is 6.72. The van der Waals surface area contributed by atoms with Crippen LogP contribution in [-0.2, 0) is 6.54 Å². The fourth-order valence-electron chi connectivity index (χ4n) is 3.31. The minimum atomic E-state index is -0.0923. The number of nitrogens with one attached hydrogen (secondary N) is 1. The average molecular weight is 370 g/mol. The largest absolute Gasteiger partial charge is 0.348 e. The number of carbonyl (C=O) groups excluding carboxylic acids is 1. The molecule has 1 amide bonds. The van der Waals surface area contributed by atoms with Gasteiger partial charge in [-0.05, 0) is 62.4 Å². The first-order valence-electron chi connectivity index (χ1n) is 9.25. The molecule has 28 heavy (non-hydrogen) atoms. The summed E-state index contributed by atoms with van der Waals surface area (Å²) in [6.07, 6.45) is 3.95. The van der Waals surface area contributed by atoms with Gasteiger partial charge in [0.2, 0.25) is 0 Å². The first kappa shape index (κ1) is 17.8. The summed E-state index contributed by atoms with van der Waals surface area (Å²) in [5.74, 6) is -0.0923. The Kier molecular flexibility index (Phi) is 4.81. The van der Waals surface area contributed by atoms with E-state index in [-0.39, 0.29) is 5.91 Å². The van der Waals surface area contributed by atoms with Crippen LogP contribution in [0, 0.1) is 13.8 Å². The predicted octanol–water partition coefficient (Wildman–Crippen LogP) is 4.21. The van der Waals surface area contributed by atoms with Gasteiger partial charge in [-0.1, -0.05) is 18.2 Å². The summed E-state index contributed by atoms with van der Waals surface area (Å²) in [7, 11) is 0. The van der Waals surface area contributed by atoms with Crippen LogP contribution in [0.5, 0.6) is 0 Å². The molecule has 1 N–H and O–H groups in total. The third kappa shape index (κ3) is 3.47. The molecule has 0 bridgehead atoms. The summed E-state index contributed by atoms with van der Waals surface area (Å²) in [5, 5.41) is 7.65. The molecule has 0 saturated carbocycles. The monoisotopic (exact) mass is 370 g/mol. The molecule has 0 radical (unpaired) electrons. The van der Waals surface area contributed by atoms with E-state index in [0.29, 0.717) is 12.1 Å². The molecule has 2 heterocycles. The maximum atomic E-state index is 12.6. The third-order valence-electron chi connectivity index (χ3n) is 4.90. The van der Waals surface area contributed by atoms with Crippen LogP contribution in [0.3, 0.4) is 0 Å². The van der Waals surface area contributed by atoms with Gasteiger partial charge in [0.05, 0.1) is 11.4 Å². The summed E-state index contributed by atoms with van der Waals surface area (Å²) in [6, 6.07) is 21.5. The van der Waals surface area contributed by atoms with Gasteiger partial charge in [-0.15, -0.1) is 0 Å². The molecule has 0 aliphatic carbocycles. The zero-order chi connectivity index (χ0) is 19.5. The van der Waals surface area contributed by atoms with E-state index in [0.717, 1.165) is 28.3 Å². The minimum Gasteiger partial charge on any atom is -0.348 e. The van der Waals surface area contributed by atoms with Crippen LogP contribution in [0.2, 0.25) is 0 Å². The molecule has 0 unspecified atom stereocenters. The Hall–Kier alpha value is -3.60. The Morgan fingerprint density at radius 1 is 0.893 bits per heavy atom. The van der Waals surface area contributed by atoms with Gasteiger partial charge in [0, 0.05) is 41.4 Å². The van der Waals surface area contributed by atoms with Gasteiger partial charge < -0.3 is 9.88 Å². The van der Waals surface area contributed by atoms with Crippen molar-refractivity contribution < 1.29 is 4.79 Å². The second-order valence-electron chi connectivity index (χ2n) is 6.72. The smallest absolute Gasteiger partial charge is 0.251 e. The van der Waals surface area contributed by atoms with Crippen LogP contribution in [0.25, 0.3) is 11.4 Å². The van der Waals surface area contributed by atoms with Gasteiger partial charge in [0.25, 0.3) is 5.91 Å². The van der Waals surface area contributed by atoms with E-state index < -0.39 is 0 Å². The third-order valence-corrected chi connectivity index (χ3v) is 4.90. The molecule has 0 aliphatic heterocycles. The summed E-state index contributed by atoms with van der Waals surface area (Å²) in [4.78, 5) is 12.6. The summed E-state index contributed by atoms with van der Waals surface area (Å²) in [6.45, 7) is 4.45. The van der Waals surface area contributed by atoms with Crippen LogP contribution in [0.1, 0.15) is 27.3 Å². The molecule has 2 aromatic heterocycles. The Balaban J connectivity index is 1.47. The van der Waals surface area contributed by atoms with Gasteiger partial charge in [0.1, 0.15) is 0 Å². The summed E-state index contributed by atoms with van der Waals surface area (Å²) < 4.78 is 3.93. The quantitative estimate of drug-likeness (QED) is 0.572. The molecule has 4 rings (SSSR count). The van der Waals surface area contributed by atoms with Crippen LogP contribution in [0.15, 0.2) is 79.1 Å². The molecule has 0 fully saturated rings. The van der Waals surface area contributed by atoms with Crippen molar-refractivity contribution in [3.63, 3.8) is 0 Å². The van der Waals surface area contributed by atoms with Crippen molar-refractivity contribution in [3.05, 3.63) is 102 Å². The first-order chi connectivity index (χ1) is 13.6. The van der Waals surface area contributed by atoms with Crippen molar-refractivity contribution in [1.29, 1.82) is 0 Å². The van der Waals surface area contributed by atoms with Crippen molar-refractivity contribution in [2.24, 2.45) is 0 Å². The molecule has 2 aromatic carbocycles. The Morgan fingerprint density at radius 2 is 1.57 bits per heavy atom. The van der Waals surface area contributed by atoms with Gasteiger partial charge in [-0.3, -0.25) is 4.79 Å². The molecular weight excluding hydrogens is 348 g/mol. The van der Waals surface area contributed by atoms with Crippen molar-refractivity contribution in [2.75, 3.05) is 0 Å². The van der Waals surface area contributed by atoms with Crippen molar-refractivity contribution >= 4 is 5.91 Å². The molecule has 0 saturated heterocycles. The minimum absolute atomic E-state index is 0.0923. The van der Waals surface area contributed by atoms with Gasteiger partial charge in [-0.25, -0.2) is 4.68 Å². The van der Waals surface area contributed by atoms with Crippen molar-refractivity contribution in [2.45, 2.75) is 20.4 Å². The zero-order valence-electron chi connectivity index (χ0n) is 16.0. The van der Waals surface area contributed by atoms with Crippen LogP contribution in [-0.4, -0.2) is 20.3 Å². The lowest BCUT2D eigenvalue weighted by molar-refractivity contribution is 0.0951. The normalized spacial score (nSPS) is 10.8. The van der Waals surface area contributed by atoms with Gasteiger partial charge in [0.15, 0.2) is 0 Å². The Bertz CT molecular complexity index is 1080. The van der Waals surface area contributed by atoms with E-state index in [2.05, 4.69) is 10.4 Å². The van der Waals surface area contributed by atoms with E-state index in [1.165, 1.54) is 0 Å². The van der Waals surface area contributed by atoms with E-state index in [4.69, 9.17) is 0 Å². The molecule has 0 aliphatic rings. The average Bonchev–Trinajstić information content (AvgIpc) is 3.36. The number of rotatable bonds is 5. The molecular formula is C23H22N4O. The number of para-hydroxylation sites is 1. The SMILES string of the molecule is Cc1nn(-c2ccccc2)c(C)c1CNC(=O)c1ccc(-n2cccc2)cc1. The van der Waals surface area contributed by atoms with Crippen molar-refractivity contribution in [3.8, 4) is 11.4 Å². The van der Waals surface area contributed by atoms with Gasteiger partial charge in [-0.2, -0.15) is 5.10 Å². The van der Waals surface area contributed by atoms with Gasteiger partial charge >= 0.3 is 0 Å². The van der Waals surface area contributed by atoms with Crippen LogP contribution < -0.4 is 5.32 Å². The number of aromatic nitrogens is 3. The Morgan fingerprint density at radius 3 is 2.25 bits per heavy atom.